The average molecular weight is 305 g/mol. The Morgan fingerprint density at radius 2 is 1.57 bits per heavy atom. The highest BCUT2D eigenvalue weighted by Crippen LogP contribution is 2.48. The predicted octanol–water partition coefficient (Wildman–Crippen LogP) is 4.06. The van der Waals surface area contributed by atoms with Crippen molar-refractivity contribution in [3.8, 4) is 0 Å². The van der Waals surface area contributed by atoms with Crippen LogP contribution < -0.4 is 0 Å². The number of carbonyl (C=O) groups is 1. The molecule has 1 amide bonds. The Balaban J connectivity index is 2.02. The summed E-state index contributed by atoms with van der Waals surface area (Å²) < 4.78 is 0. The number of amides is 1. The van der Waals surface area contributed by atoms with E-state index in [9.17, 15) is 4.79 Å². The lowest BCUT2D eigenvalue weighted by Gasteiger charge is -2.41. The third-order valence-corrected chi connectivity index (χ3v) is 5.57. The number of nitrogens with zero attached hydrogens (tertiary/aromatic N) is 1. The van der Waals surface area contributed by atoms with E-state index >= 15 is 0 Å². The zero-order valence-corrected chi connectivity index (χ0v) is 13.7. The Hall–Kier alpha value is -2.09. The molecule has 1 heterocycles. The number of aryl methyl sites for hydroxylation is 2. The number of benzene rings is 2. The Bertz CT molecular complexity index is 702. The zero-order chi connectivity index (χ0) is 15.9. The van der Waals surface area contributed by atoms with Crippen molar-refractivity contribution in [2.24, 2.45) is 0 Å². The lowest BCUT2D eigenvalue weighted by atomic mass is 9.78. The highest BCUT2D eigenvalue weighted by molar-refractivity contribution is 5.78. The van der Waals surface area contributed by atoms with Gasteiger partial charge in [-0.2, -0.15) is 0 Å². The second-order valence-corrected chi connectivity index (χ2v) is 6.68. The van der Waals surface area contributed by atoms with E-state index < -0.39 is 0 Å². The van der Waals surface area contributed by atoms with Crippen LogP contribution >= 0.6 is 0 Å². The molecule has 0 atom stereocenters. The largest absolute Gasteiger partial charge is 0.329 e. The van der Waals surface area contributed by atoms with Gasteiger partial charge in [0.25, 0.3) is 0 Å². The van der Waals surface area contributed by atoms with Crippen LogP contribution in [0.5, 0.6) is 0 Å². The average Bonchev–Trinajstić information content (AvgIpc) is 2.99. The Labute approximate surface area is 138 Å². The Morgan fingerprint density at radius 3 is 2.13 bits per heavy atom. The lowest BCUT2D eigenvalue weighted by Crippen LogP contribution is -2.46. The Kier molecular flexibility index (Phi) is 3.48. The van der Waals surface area contributed by atoms with Gasteiger partial charge in [-0.25, -0.2) is 0 Å². The van der Waals surface area contributed by atoms with Crippen LogP contribution in [0.25, 0.3) is 0 Å². The summed E-state index contributed by atoms with van der Waals surface area (Å²) in [5.41, 5.74) is 5.25. The molecule has 0 unspecified atom stereocenters. The van der Waals surface area contributed by atoms with Crippen LogP contribution in [0.2, 0.25) is 0 Å². The molecule has 0 radical (unpaired) electrons. The molecule has 4 rings (SSSR count). The summed E-state index contributed by atoms with van der Waals surface area (Å²) >= 11 is 0. The van der Waals surface area contributed by atoms with Crippen LogP contribution in [0.3, 0.4) is 0 Å². The van der Waals surface area contributed by atoms with Crippen molar-refractivity contribution in [3.05, 3.63) is 70.8 Å². The topological polar surface area (TPSA) is 20.3 Å². The summed E-state index contributed by atoms with van der Waals surface area (Å²) in [5, 5.41) is 0. The van der Waals surface area contributed by atoms with E-state index in [1.165, 1.54) is 22.3 Å². The summed E-state index contributed by atoms with van der Waals surface area (Å²) in [7, 11) is 0. The molecule has 0 bridgehead atoms. The standard InChI is InChI=1S/C21H23NO/c1-2-20(23)22-15-7-14-21(22)18-10-5-3-8-16(18)12-13-17-9-4-6-11-19(17)21/h3-6,8-11H,2,7,12-15H2,1H3. The van der Waals surface area contributed by atoms with E-state index in [1.807, 2.05) is 6.92 Å². The van der Waals surface area contributed by atoms with Crippen molar-refractivity contribution in [1.29, 1.82) is 0 Å². The molecule has 1 fully saturated rings. The van der Waals surface area contributed by atoms with Gasteiger partial charge in [0.1, 0.15) is 0 Å². The van der Waals surface area contributed by atoms with E-state index in [2.05, 4.69) is 53.4 Å². The first kappa shape index (κ1) is 14.5. The summed E-state index contributed by atoms with van der Waals surface area (Å²) in [6, 6.07) is 17.5. The fraction of sp³-hybridized carbons (Fsp3) is 0.381. The van der Waals surface area contributed by atoms with Crippen molar-refractivity contribution in [3.63, 3.8) is 0 Å². The van der Waals surface area contributed by atoms with Crippen LogP contribution in [0.1, 0.15) is 48.4 Å². The van der Waals surface area contributed by atoms with Crippen LogP contribution in [0.15, 0.2) is 48.5 Å². The zero-order valence-electron chi connectivity index (χ0n) is 13.7. The van der Waals surface area contributed by atoms with Gasteiger partial charge in [0.15, 0.2) is 0 Å². The summed E-state index contributed by atoms with van der Waals surface area (Å²) in [6.07, 6.45) is 4.81. The Morgan fingerprint density at radius 1 is 1.00 bits per heavy atom. The molecule has 118 valence electrons. The fourth-order valence-corrected chi connectivity index (χ4v) is 4.61. The summed E-state index contributed by atoms with van der Waals surface area (Å²) in [5.74, 6) is 0.272. The van der Waals surface area contributed by atoms with E-state index in [1.54, 1.807) is 0 Å². The van der Waals surface area contributed by atoms with Crippen LogP contribution in [-0.2, 0) is 23.2 Å². The van der Waals surface area contributed by atoms with Gasteiger partial charge in [0, 0.05) is 13.0 Å². The molecule has 0 N–H and O–H groups in total. The first-order valence-electron chi connectivity index (χ1n) is 8.74. The van der Waals surface area contributed by atoms with Crippen LogP contribution in [-0.4, -0.2) is 17.4 Å². The van der Waals surface area contributed by atoms with Crippen molar-refractivity contribution in [2.45, 2.75) is 44.6 Å². The van der Waals surface area contributed by atoms with Crippen molar-refractivity contribution in [1.82, 2.24) is 4.90 Å². The van der Waals surface area contributed by atoms with Crippen molar-refractivity contribution >= 4 is 5.91 Å². The summed E-state index contributed by atoms with van der Waals surface area (Å²) in [6.45, 7) is 2.85. The molecule has 1 saturated heterocycles. The van der Waals surface area contributed by atoms with Crippen LogP contribution in [0.4, 0.5) is 0 Å². The van der Waals surface area contributed by atoms with Gasteiger partial charge in [-0.3, -0.25) is 4.79 Å². The van der Waals surface area contributed by atoms with Gasteiger partial charge in [-0.05, 0) is 47.9 Å². The quantitative estimate of drug-likeness (QED) is 0.778. The highest BCUT2D eigenvalue weighted by Gasteiger charge is 2.48. The van der Waals surface area contributed by atoms with Gasteiger partial charge >= 0.3 is 0 Å². The predicted molar refractivity (Wildman–Crippen MR) is 92.3 cm³/mol. The minimum atomic E-state index is -0.253. The smallest absolute Gasteiger partial charge is 0.223 e. The molecular formula is C21H23NO. The molecule has 1 aliphatic carbocycles. The molecule has 1 aliphatic heterocycles. The third-order valence-electron chi connectivity index (χ3n) is 5.57. The first-order valence-corrected chi connectivity index (χ1v) is 8.74. The molecule has 2 heteroatoms. The van der Waals surface area contributed by atoms with Gasteiger partial charge in [-0.1, -0.05) is 55.5 Å². The molecule has 2 aromatic rings. The fourth-order valence-electron chi connectivity index (χ4n) is 4.61. The van der Waals surface area contributed by atoms with Gasteiger partial charge < -0.3 is 4.90 Å². The maximum atomic E-state index is 12.7. The second-order valence-electron chi connectivity index (χ2n) is 6.68. The number of likely N-dealkylation sites (tertiary alicyclic amines) is 1. The molecule has 0 aromatic heterocycles. The molecule has 0 saturated carbocycles. The number of hydrogen-bond donors (Lipinski definition) is 0. The minimum absolute atomic E-state index is 0.253. The maximum Gasteiger partial charge on any atom is 0.223 e. The van der Waals surface area contributed by atoms with Gasteiger partial charge in [0.05, 0.1) is 5.54 Å². The van der Waals surface area contributed by atoms with E-state index in [-0.39, 0.29) is 11.4 Å². The number of hydrogen-bond acceptors (Lipinski definition) is 1. The first-order chi connectivity index (χ1) is 11.3. The minimum Gasteiger partial charge on any atom is -0.329 e. The highest BCUT2D eigenvalue weighted by atomic mass is 16.2. The molecule has 2 aromatic carbocycles. The van der Waals surface area contributed by atoms with Gasteiger partial charge in [0.2, 0.25) is 5.91 Å². The van der Waals surface area contributed by atoms with E-state index in [0.29, 0.717) is 6.42 Å². The van der Waals surface area contributed by atoms with E-state index in [4.69, 9.17) is 0 Å². The molecule has 2 nitrogen and oxygen atoms in total. The maximum absolute atomic E-state index is 12.7. The van der Waals surface area contributed by atoms with Crippen molar-refractivity contribution in [2.75, 3.05) is 6.54 Å². The number of carbonyl (C=O) groups excluding carboxylic acids is 1. The number of fused-ring (bicyclic) bond motifs is 4. The lowest BCUT2D eigenvalue weighted by molar-refractivity contribution is -0.134. The molecule has 1 spiro atoms. The molecule has 23 heavy (non-hydrogen) atoms. The number of rotatable bonds is 1. The van der Waals surface area contributed by atoms with Crippen molar-refractivity contribution < 1.29 is 4.79 Å². The SMILES string of the molecule is CCC(=O)N1CCCC12c1ccccc1CCc1ccccc12. The normalized spacial score (nSPS) is 18.4. The molecule has 2 aliphatic rings. The van der Waals surface area contributed by atoms with E-state index in [0.717, 1.165) is 32.2 Å². The monoisotopic (exact) mass is 305 g/mol. The molecular weight excluding hydrogens is 282 g/mol. The summed E-state index contributed by atoms with van der Waals surface area (Å²) in [4.78, 5) is 14.9. The van der Waals surface area contributed by atoms with Crippen LogP contribution in [0, 0.1) is 0 Å². The second kappa shape index (κ2) is 5.52. The third kappa shape index (κ3) is 2.04. The van der Waals surface area contributed by atoms with Gasteiger partial charge in [-0.15, -0.1) is 0 Å².